The van der Waals surface area contributed by atoms with Crippen LogP contribution in [0.4, 0.5) is 4.79 Å². The largest absolute Gasteiger partial charge is 0.381 e. The van der Waals surface area contributed by atoms with Crippen molar-refractivity contribution in [2.75, 3.05) is 19.8 Å². The van der Waals surface area contributed by atoms with Gasteiger partial charge in [0.1, 0.15) is 0 Å². The number of hydrogen-bond donors (Lipinski definition) is 2. The Hall–Kier alpha value is -1.03. The molecule has 0 aliphatic rings. The molecule has 14 heavy (non-hydrogen) atoms. The van der Waals surface area contributed by atoms with Gasteiger partial charge >= 0.3 is 6.03 Å². The van der Waals surface area contributed by atoms with E-state index in [1.807, 2.05) is 0 Å². The van der Waals surface area contributed by atoms with Gasteiger partial charge in [-0.3, -0.25) is 0 Å². The molecule has 82 valence electrons. The van der Waals surface area contributed by atoms with E-state index in [-0.39, 0.29) is 6.03 Å². The van der Waals surface area contributed by atoms with E-state index in [0.29, 0.717) is 13.2 Å². The topological polar surface area (TPSA) is 50.4 Å². The molecule has 0 atom stereocenters. The molecular weight excluding hydrogens is 180 g/mol. The lowest BCUT2D eigenvalue weighted by atomic mass is 10.4. The maximum Gasteiger partial charge on any atom is 0.318 e. The summed E-state index contributed by atoms with van der Waals surface area (Å²) in [5.74, 6) is 0. The van der Waals surface area contributed by atoms with E-state index in [2.05, 4.69) is 24.1 Å². The number of ether oxygens (including phenoxy) is 1. The number of rotatable bonds is 8. The molecule has 0 bridgehead atoms. The van der Waals surface area contributed by atoms with Crippen molar-refractivity contribution < 1.29 is 9.53 Å². The van der Waals surface area contributed by atoms with Crippen LogP contribution in [0.25, 0.3) is 0 Å². The molecule has 0 heterocycles. The third kappa shape index (κ3) is 9.06. The number of urea groups is 1. The molecule has 2 N–H and O–H groups in total. The zero-order valence-electron chi connectivity index (χ0n) is 8.84. The number of unbranched alkanes of at least 4 members (excludes halogenated alkanes) is 1. The summed E-state index contributed by atoms with van der Waals surface area (Å²) in [6.45, 7) is 7.66. The average Bonchev–Trinajstić information content (AvgIpc) is 2.17. The summed E-state index contributed by atoms with van der Waals surface area (Å²) in [4.78, 5) is 10.8. The molecule has 0 aromatic heterocycles. The van der Waals surface area contributed by atoms with Gasteiger partial charge in [-0.05, 0) is 19.0 Å². The van der Waals surface area contributed by atoms with Crippen molar-refractivity contribution in [3.8, 4) is 0 Å². The minimum absolute atomic E-state index is 0.214. The maximum absolute atomic E-state index is 10.8. The van der Waals surface area contributed by atoms with Crippen LogP contribution >= 0.6 is 0 Å². The number of hydrogen-bond acceptors (Lipinski definition) is 2. The molecule has 0 rings (SSSR count). The highest BCUT2D eigenvalue weighted by atomic mass is 16.5. The quantitative estimate of drug-likeness (QED) is 0.585. The first-order valence-electron chi connectivity index (χ1n) is 5.04. The third-order valence-corrected chi connectivity index (χ3v) is 1.63. The van der Waals surface area contributed by atoms with Crippen molar-refractivity contribution in [3.05, 3.63) is 12.8 Å². The highest BCUT2D eigenvalue weighted by molar-refractivity contribution is 5.74. The van der Waals surface area contributed by atoms with Crippen LogP contribution in [-0.2, 0) is 4.74 Å². The van der Waals surface area contributed by atoms with Gasteiger partial charge < -0.3 is 15.4 Å². The maximum atomic E-state index is 10.8. The molecule has 0 unspecified atom stereocenters. The zero-order valence-corrected chi connectivity index (χ0v) is 8.84. The van der Waals surface area contributed by atoms with Gasteiger partial charge in [0, 0.05) is 19.8 Å². The van der Waals surface area contributed by atoms with Crippen LogP contribution in [0.1, 0.15) is 26.2 Å². The molecule has 0 fully saturated rings. The van der Waals surface area contributed by atoms with Crippen molar-refractivity contribution in [2.24, 2.45) is 0 Å². The van der Waals surface area contributed by atoms with Gasteiger partial charge in [-0.1, -0.05) is 19.9 Å². The van der Waals surface area contributed by atoms with E-state index < -0.39 is 0 Å². The third-order valence-electron chi connectivity index (χ3n) is 1.63. The molecule has 0 saturated heterocycles. The second-order valence-electron chi connectivity index (χ2n) is 2.92. The van der Waals surface area contributed by atoms with Crippen molar-refractivity contribution in [1.82, 2.24) is 10.6 Å². The van der Waals surface area contributed by atoms with Gasteiger partial charge in [0.05, 0.1) is 0 Å². The Labute approximate surface area is 85.7 Å². The molecule has 4 nitrogen and oxygen atoms in total. The molecule has 0 aromatic rings. The highest BCUT2D eigenvalue weighted by Gasteiger charge is 1.94. The van der Waals surface area contributed by atoms with Crippen LogP contribution < -0.4 is 10.6 Å². The predicted octanol–water partition coefficient (Wildman–Crippen LogP) is 1.64. The Morgan fingerprint density at radius 2 is 2.14 bits per heavy atom. The monoisotopic (exact) mass is 200 g/mol. The van der Waals surface area contributed by atoms with E-state index in [0.717, 1.165) is 25.9 Å². The molecule has 0 aliphatic heterocycles. The molecule has 0 spiro atoms. The molecule has 4 heteroatoms. The minimum atomic E-state index is -0.214. The minimum Gasteiger partial charge on any atom is -0.381 e. The smallest absolute Gasteiger partial charge is 0.318 e. The second kappa shape index (κ2) is 10.1. The summed E-state index contributed by atoms with van der Waals surface area (Å²) < 4.78 is 5.32. The summed E-state index contributed by atoms with van der Waals surface area (Å²) in [7, 11) is 0. The normalized spacial score (nSPS) is 9.50. The zero-order chi connectivity index (χ0) is 10.6. The second-order valence-corrected chi connectivity index (χ2v) is 2.92. The van der Waals surface area contributed by atoms with E-state index >= 15 is 0 Å². The Morgan fingerprint density at radius 3 is 2.79 bits per heavy atom. The first-order chi connectivity index (χ1) is 6.81. The molecule has 0 saturated carbocycles. The lowest BCUT2D eigenvalue weighted by Crippen LogP contribution is -2.33. The number of nitrogens with one attached hydrogen (secondary N) is 2. The molecular formula is C10H20N2O2. The number of carbonyl (C=O) groups is 1. The van der Waals surface area contributed by atoms with Crippen LogP contribution in [0.5, 0.6) is 0 Å². The van der Waals surface area contributed by atoms with Crippen LogP contribution in [0.15, 0.2) is 12.8 Å². The van der Waals surface area contributed by atoms with Crippen LogP contribution in [0.2, 0.25) is 0 Å². The summed E-state index contributed by atoms with van der Waals surface area (Å²) in [5, 5.41) is 5.10. The summed E-state index contributed by atoms with van der Waals surface area (Å²) in [6, 6.07) is -0.214. The van der Waals surface area contributed by atoms with Crippen molar-refractivity contribution in [1.29, 1.82) is 0 Å². The van der Waals surface area contributed by atoms with Gasteiger partial charge in [0.2, 0.25) is 0 Å². The predicted molar refractivity (Wildman–Crippen MR) is 57.1 cm³/mol. The summed E-state index contributed by atoms with van der Waals surface area (Å²) in [6.07, 6.45) is 4.45. The van der Waals surface area contributed by atoms with Crippen LogP contribution in [-0.4, -0.2) is 25.8 Å². The fraction of sp³-hybridized carbons (Fsp3) is 0.700. The van der Waals surface area contributed by atoms with E-state index in [1.165, 1.54) is 6.20 Å². The van der Waals surface area contributed by atoms with E-state index in [1.54, 1.807) is 0 Å². The molecule has 0 radical (unpaired) electrons. The fourth-order valence-electron chi connectivity index (χ4n) is 0.868. The van der Waals surface area contributed by atoms with Crippen molar-refractivity contribution >= 4 is 6.03 Å². The Balaban J connectivity index is 3.05. The van der Waals surface area contributed by atoms with Crippen LogP contribution in [0.3, 0.4) is 0 Å². The first-order valence-corrected chi connectivity index (χ1v) is 5.04. The lowest BCUT2D eigenvalue weighted by Gasteiger charge is -2.05. The summed E-state index contributed by atoms with van der Waals surface area (Å²) in [5.41, 5.74) is 0. The Bertz CT molecular complexity index is 160. The van der Waals surface area contributed by atoms with Gasteiger partial charge in [-0.2, -0.15) is 0 Å². The average molecular weight is 200 g/mol. The highest BCUT2D eigenvalue weighted by Crippen LogP contribution is 1.88. The molecule has 0 aromatic carbocycles. The fourth-order valence-corrected chi connectivity index (χ4v) is 0.868. The number of amides is 2. The Morgan fingerprint density at radius 1 is 1.43 bits per heavy atom. The van der Waals surface area contributed by atoms with Crippen LogP contribution in [0, 0.1) is 0 Å². The van der Waals surface area contributed by atoms with Crippen molar-refractivity contribution in [2.45, 2.75) is 26.2 Å². The van der Waals surface area contributed by atoms with Gasteiger partial charge in [-0.15, -0.1) is 0 Å². The molecule has 2 amide bonds. The standard InChI is InChI=1S/C10H20N2O2/c1-3-5-8-14-9-6-7-12-10(13)11-4-2/h4H,2-3,5-9H2,1H3,(H2,11,12,13). The van der Waals surface area contributed by atoms with Gasteiger partial charge in [-0.25, -0.2) is 4.79 Å². The van der Waals surface area contributed by atoms with Gasteiger partial charge in [0.15, 0.2) is 0 Å². The van der Waals surface area contributed by atoms with Gasteiger partial charge in [0.25, 0.3) is 0 Å². The molecule has 0 aliphatic carbocycles. The first kappa shape index (κ1) is 13.0. The van der Waals surface area contributed by atoms with Crippen molar-refractivity contribution in [3.63, 3.8) is 0 Å². The SMILES string of the molecule is C=CNC(=O)NCCCOCCCC. The lowest BCUT2D eigenvalue weighted by molar-refractivity contribution is 0.129. The van der Waals surface area contributed by atoms with E-state index in [9.17, 15) is 4.79 Å². The Kier molecular flexibility index (Phi) is 9.31. The number of carbonyl (C=O) groups excluding carboxylic acids is 1. The van der Waals surface area contributed by atoms with E-state index in [4.69, 9.17) is 4.74 Å². The summed E-state index contributed by atoms with van der Waals surface area (Å²) >= 11 is 0.